The summed E-state index contributed by atoms with van der Waals surface area (Å²) in [5.41, 5.74) is 0.876. The first-order valence-electron chi connectivity index (χ1n) is 6.82. The third kappa shape index (κ3) is 2.12. The lowest BCUT2D eigenvalue weighted by Crippen LogP contribution is -2.33. The number of benzene rings is 1. The first-order chi connectivity index (χ1) is 9.33. The van der Waals surface area contributed by atoms with Gasteiger partial charge < -0.3 is 10.2 Å². The third-order valence-corrected chi connectivity index (χ3v) is 5.32. The number of likely N-dealkylation sites (tertiary alicyclic amines) is 1. The maximum atomic E-state index is 12.7. The normalized spacial score (nSPS) is 24.7. The molecule has 2 saturated heterocycles. The molecule has 1 amide bonds. The van der Waals surface area contributed by atoms with Gasteiger partial charge >= 0.3 is 0 Å². The summed E-state index contributed by atoms with van der Waals surface area (Å²) in [7, 11) is 0. The highest BCUT2D eigenvalue weighted by Gasteiger charge is 2.38. The van der Waals surface area contributed by atoms with Crippen molar-refractivity contribution in [1.29, 1.82) is 0 Å². The lowest BCUT2D eigenvalue weighted by Gasteiger charge is -2.17. The fourth-order valence-electron chi connectivity index (χ4n) is 3.33. The van der Waals surface area contributed by atoms with Crippen molar-refractivity contribution < 1.29 is 4.79 Å². The quantitative estimate of drug-likeness (QED) is 0.878. The summed E-state index contributed by atoms with van der Waals surface area (Å²) in [5, 5.41) is 6.60. The van der Waals surface area contributed by atoms with Gasteiger partial charge in [0.15, 0.2) is 0 Å². The van der Waals surface area contributed by atoms with E-state index in [-0.39, 0.29) is 18.3 Å². The first-order valence-corrected chi connectivity index (χ1v) is 7.70. The molecule has 0 radical (unpaired) electrons. The summed E-state index contributed by atoms with van der Waals surface area (Å²) in [4.78, 5) is 14.7. The number of nitrogens with one attached hydrogen (secondary N) is 1. The van der Waals surface area contributed by atoms with Crippen LogP contribution in [-0.2, 0) is 0 Å². The van der Waals surface area contributed by atoms with Crippen LogP contribution in [0.4, 0.5) is 0 Å². The van der Waals surface area contributed by atoms with Crippen LogP contribution in [0.2, 0.25) is 0 Å². The molecule has 0 spiro atoms. The molecule has 2 aliphatic heterocycles. The number of carbonyl (C=O) groups is 1. The molecule has 0 bridgehead atoms. The van der Waals surface area contributed by atoms with Crippen LogP contribution >= 0.6 is 23.7 Å². The Balaban J connectivity index is 0.00000121. The standard InChI is InChI=1S/C15H16N2OS.ClH/c18-15(17-7-10-5-6-16-13(10)8-17)12-9-19-14-4-2-1-3-11(12)14;/h1-4,9-10,13,16H,5-8H2;1H/t10-,13+;/m0./s1. The first kappa shape index (κ1) is 13.9. The molecule has 2 fully saturated rings. The zero-order chi connectivity index (χ0) is 12.8. The molecule has 2 aromatic rings. The molecule has 3 heterocycles. The highest BCUT2D eigenvalue weighted by atomic mass is 35.5. The second-order valence-electron chi connectivity index (χ2n) is 5.47. The number of fused-ring (bicyclic) bond motifs is 2. The van der Waals surface area contributed by atoms with Crippen LogP contribution in [0.5, 0.6) is 0 Å². The predicted molar refractivity (Wildman–Crippen MR) is 84.9 cm³/mol. The van der Waals surface area contributed by atoms with E-state index in [2.05, 4.69) is 11.4 Å². The fourth-order valence-corrected chi connectivity index (χ4v) is 4.26. The van der Waals surface area contributed by atoms with Crippen molar-refractivity contribution in [2.75, 3.05) is 19.6 Å². The van der Waals surface area contributed by atoms with Gasteiger partial charge in [-0.2, -0.15) is 0 Å². The summed E-state index contributed by atoms with van der Waals surface area (Å²) in [6.07, 6.45) is 1.21. The zero-order valence-corrected chi connectivity index (χ0v) is 12.7. The van der Waals surface area contributed by atoms with Gasteiger partial charge in [0, 0.05) is 34.6 Å². The van der Waals surface area contributed by atoms with Crippen molar-refractivity contribution in [3.05, 3.63) is 35.2 Å². The van der Waals surface area contributed by atoms with Crippen LogP contribution in [0.3, 0.4) is 0 Å². The summed E-state index contributed by atoms with van der Waals surface area (Å²) in [6, 6.07) is 8.68. The number of thiophene rings is 1. The Kier molecular flexibility index (Phi) is 3.71. The monoisotopic (exact) mass is 308 g/mol. The number of carbonyl (C=O) groups excluding carboxylic acids is 1. The molecule has 0 aliphatic carbocycles. The molecule has 0 unspecified atom stereocenters. The predicted octanol–water partition coefficient (Wildman–Crippen LogP) is 2.76. The van der Waals surface area contributed by atoms with Gasteiger partial charge in [-0.15, -0.1) is 23.7 Å². The van der Waals surface area contributed by atoms with Crippen LogP contribution < -0.4 is 5.32 Å². The van der Waals surface area contributed by atoms with Crippen molar-refractivity contribution in [2.45, 2.75) is 12.5 Å². The third-order valence-electron chi connectivity index (χ3n) is 4.36. The van der Waals surface area contributed by atoms with Crippen LogP contribution in [0.25, 0.3) is 10.1 Å². The van der Waals surface area contributed by atoms with Crippen molar-refractivity contribution in [3.8, 4) is 0 Å². The van der Waals surface area contributed by atoms with Crippen molar-refractivity contribution in [1.82, 2.24) is 10.2 Å². The molecule has 20 heavy (non-hydrogen) atoms. The summed E-state index contributed by atoms with van der Waals surface area (Å²) < 4.78 is 1.20. The molecule has 2 atom stereocenters. The van der Waals surface area contributed by atoms with E-state index in [4.69, 9.17) is 0 Å². The van der Waals surface area contributed by atoms with E-state index < -0.39 is 0 Å². The summed E-state index contributed by atoms with van der Waals surface area (Å²) in [5.74, 6) is 0.863. The lowest BCUT2D eigenvalue weighted by molar-refractivity contribution is 0.0785. The Morgan fingerprint density at radius 1 is 1.30 bits per heavy atom. The van der Waals surface area contributed by atoms with Gasteiger partial charge in [-0.1, -0.05) is 18.2 Å². The van der Waals surface area contributed by atoms with E-state index in [1.807, 2.05) is 28.5 Å². The van der Waals surface area contributed by atoms with E-state index in [0.717, 1.165) is 30.6 Å². The van der Waals surface area contributed by atoms with Gasteiger partial charge in [0.25, 0.3) is 5.91 Å². The molecule has 2 aliphatic rings. The molecule has 106 valence electrons. The number of nitrogens with zero attached hydrogens (tertiary/aromatic N) is 1. The van der Waals surface area contributed by atoms with E-state index in [9.17, 15) is 4.79 Å². The molecule has 1 aromatic heterocycles. The summed E-state index contributed by atoms with van der Waals surface area (Å²) in [6.45, 7) is 2.90. The van der Waals surface area contributed by atoms with Crippen LogP contribution in [0.15, 0.2) is 29.6 Å². The van der Waals surface area contributed by atoms with Crippen LogP contribution in [-0.4, -0.2) is 36.5 Å². The number of hydrogen-bond acceptors (Lipinski definition) is 3. The average molecular weight is 309 g/mol. The van der Waals surface area contributed by atoms with Gasteiger partial charge in [0.1, 0.15) is 0 Å². The number of amides is 1. The Morgan fingerprint density at radius 2 is 2.15 bits per heavy atom. The maximum absolute atomic E-state index is 12.7. The topological polar surface area (TPSA) is 32.3 Å². The molecule has 0 saturated carbocycles. The Morgan fingerprint density at radius 3 is 3.00 bits per heavy atom. The molecule has 1 aromatic carbocycles. The molecular formula is C15H17ClN2OS. The van der Waals surface area contributed by atoms with Gasteiger partial charge in [-0.05, 0) is 24.9 Å². The minimum Gasteiger partial charge on any atom is -0.337 e. The zero-order valence-electron chi connectivity index (χ0n) is 11.0. The van der Waals surface area contributed by atoms with Crippen LogP contribution in [0.1, 0.15) is 16.8 Å². The minimum atomic E-state index is 0. The van der Waals surface area contributed by atoms with E-state index in [0.29, 0.717) is 12.0 Å². The van der Waals surface area contributed by atoms with Gasteiger partial charge in [0.05, 0.1) is 5.56 Å². The van der Waals surface area contributed by atoms with Crippen molar-refractivity contribution in [2.24, 2.45) is 5.92 Å². The SMILES string of the molecule is Cl.O=C(c1csc2ccccc12)N1C[C@@H]2CCN[C@@H]2C1. The minimum absolute atomic E-state index is 0. The molecule has 4 rings (SSSR count). The second-order valence-corrected chi connectivity index (χ2v) is 6.38. The van der Waals surface area contributed by atoms with Crippen molar-refractivity contribution >= 4 is 39.7 Å². The van der Waals surface area contributed by atoms with Gasteiger partial charge in [-0.3, -0.25) is 4.79 Å². The molecule has 1 N–H and O–H groups in total. The maximum Gasteiger partial charge on any atom is 0.255 e. The van der Waals surface area contributed by atoms with E-state index in [1.54, 1.807) is 11.3 Å². The smallest absolute Gasteiger partial charge is 0.255 e. The van der Waals surface area contributed by atoms with Crippen LogP contribution in [0, 0.1) is 5.92 Å². The number of halogens is 1. The number of hydrogen-bond donors (Lipinski definition) is 1. The Bertz CT molecular complexity index is 630. The van der Waals surface area contributed by atoms with Gasteiger partial charge in [-0.25, -0.2) is 0 Å². The lowest BCUT2D eigenvalue weighted by atomic mass is 10.1. The molecule has 3 nitrogen and oxygen atoms in total. The fraction of sp³-hybridized carbons (Fsp3) is 0.400. The van der Waals surface area contributed by atoms with E-state index >= 15 is 0 Å². The highest BCUT2D eigenvalue weighted by molar-refractivity contribution is 7.17. The second kappa shape index (κ2) is 5.35. The van der Waals surface area contributed by atoms with Gasteiger partial charge in [0.2, 0.25) is 0 Å². The molecular weight excluding hydrogens is 292 g/mol. The highest BCUT2D eigenvalue weighted by Crippen LogP contribution is 2.30. The number of rotatable bonds is 1. The molecule has 5 heteroatoms. The Hall–Kier alpha value is -1.10. The van der Waals surface area contributed by atoms with E-state index in [1.165, 1.54) is 11.1 Å². The van der Waals surface area contributed by atoms with Crippen molar-refractivity contribution in [3.63, 3.8) is 0 Å². The average Bonchev–Trinajstić information content (AvgIpc) is 3.11. The Labute approximate surface area is 128 Å². The largest absolute Gasteiger partial charge is 0.337 e. The summed E-state index contributed by atoms with van der Waals surface area (Å²) >= 11 is 1.66.